The third kappa shape index (κ3) is 2.44. The summed E-state index contributed by atoms with van der Waals surface area (Å²) in [6, 6.07) is 7.67. The average Bonchev–Trinajstić information content (AvgIpc) is 2.29. The lowest BCUT2D eigenvalue weighted by molar-refractivity contribution is 0.466. The van der Waals surface area contributed by atoms with E-state index in [-0.39, 0.29) is 5.92 Å². The molecule has 0 unspecified atom stereocenters. The highest BCUT2D eigenvalue weighted by Crippen LogP contribution is 2.40. The fourth-order valence-electron chi connectivity index (χ4n) is 2.54. The van der Waals surface area contributed by atoms with Gasteiger partial charge in [-0.1, -0.05) is 41.0 Å². The molecule has 1 aromatic carbocycles. The van der Waals surface area contributed by atoms with Gasteiger partial charge < -0.3 is 5.11 Å². The molecule has 1 atom stereocenters. The van der Waals surface area contributed by atoms with Gasteiger partial charge in [-0.2, -0.15) is 0 Å². The molecule has 1 aliphatic carbocycles. The summed E-state index contributed by atoms with van der Waals surface area (Å²) in [6.45, 7) is 6.50. The van der Waals surface area contributed by atoms with E-state index in [4.69, 9.17) is 0 Å². The van der Waals surface area contributed by atoms with Gasteiger partial charge in [-0.05, 0) is 39.7 Å². The van der Waals surface area contributed by atoms with Crippen molar-refractivity contribution in [2.45, 2.75) is 39.5 Å². The molecule has 2 rings (SSSR count). The zero-order valence-electron chi connectivity index (χ0n) is 10.8. The predicted octanol–water partition coefficient (Wildman–Crippen LogP) is 4.55. The molecular formula is C16H20O. The van der Waals surface area contributed by atoms with Crippen molar-refractivity contribution in [3.63, 3.8) is 0 Å². The molecule has 0 amide bonds. The highest BCUT2D eigenvalue weighted by molar-refractivity contribution is 5.45. The first-order chi connectivity index (χ1) is 8.09. The Balaban J connectivity index is 2.51. The third-order valence-electron chi connectivity index (χ3n) is 3.53. The standard InChI is InChI=1S/C16H20O/c1-11(2)13-9-8-12(3)10-15(13)14-6-4-5-7-16(14)17/h4-7,10,15,17H,8-9H2,1-3H3/t15-/m1/s1. The summed E-state index contributed by atoms with van der Waals surface area (Å²) in [4.78, 5) is 0. The predicted molar refractivity (Wildman–Crippen MR) is 72.2 cm³/mol. The number of hydrogen-bond donors (Lipinski definition) is 1. The van der Waals surface area contributed by atoms with Gasteiger partial charge in [-0.15, -0.1) is 0 Å². The quantitative estimate of drug-likeness (QED) is 0.699. The Morgan fingerprint density at radius 3 is 2.53 bits per heavy atom. The number of allylic oxidation sites excluding steroid dienone is 4. The van der Waals surface area contributed by atoms with E-state index in [0.29, 0.717) is 5.75 Å². The molecule has 0 saturated heterocycles. The van der Waals surface area contributed by atoms with Gasteiger partial charge in [-0.25, -0.2) is 0 Å². The molecule has 1 N–H and O–H groups in total. The van der Waals surface area contributed by atoms with E-state index >= 15 is 0 Å². The average molecular weight is 228 g/mol. The fraction of sp³-hybridized carbons (Fsp3) is 0.375. The van der Waals surface area contributed by atoms with Crippen LogP contribution in [0.2, 0.25) is 0 Å². The summed E-state index contributed by atoms with van der Waals surface area (Å²) in [7, 11) is 0. The maximum atomic E-state index is 10.00. The largest absolute Gasteiger partial charge is 0.508 e. The lowest BCUT2D eigenvalue weighted by Crippen LogP contribution is -2.07. The minimum Gasteiger partial charge on any atom is -0.508 e. The van der Waals surface area contributed by atoms with E-state index in [1.54, 1.807) is 6.07 Å². The maximum Gasteiger partial charge on any atom is 0.119 e. The van der Waals surface area contributed by atoms with E-state index in [9.17, 15) is 5.11 Å². The number of benzene rings is 1. The van der Waals surface area contributed by atoms with Gasteiger partial charge in [-0.3, -0.25) is 0 Å². The molecule has 1 aliphatic rings. The first kappa shape index (κ1) is 12.0. The first-order valence-electron chi connectivity index (χ1n) is 6.21. The summed E-state index contributed by atoms with van der Waals surface area (Å²) in [5, 5.41) is 10.00. The number of aromatic hydroxyl groups is 1. The molecule has 0 spiro atoms. The van der Waals surface area contributed by atoms with Crippen molar-refractivity contribution in [2.24, 2.45) is 0 Å². The SMILES string of the molecule is CC1=C[C@@H](c2ccccc2O)C(=C(C)C)CC1. The summed E-state index contributed by atoms with van der Waals surface area (Å²) in [5.74, 6) is 0.664. The van der Waals surface area contributed by atoms with E-state index in [1.165, 1.54) is 16.7 Å². The van der Waals surface area contributed by atoms with Crippen LogP contribution in [0.15, 0.2) is 47.1 Å². The van der Waals surface area contributed by atoms with Crippen LogP contribution in [-0.2, 0) is 0 Å². The summed E-state index contributed by atoms with van der Waals surface area (Å²) < 4.78 is 0. The summed E-state index contributed by atoms with van der Waals surface area (Å²) in [6.07, 6.45) is 4.55. The monoisotopic (exact) mass is 228 g/mol. The van der Waals surface area contributed by atoms with Gasteiger partial charge >= 0.3 is 0 Å². The van der Waals surface area contributed by atoms with Gasteiger partial charge in [0.05, 0.1) is 0 Å². The van der Waals surface area contributed by atoms with Crippen molar-refractivity contribution < 1.29 is 5.11 Å². The topological polar surface area (TPSA) is 20.2 Å². The third-order valence-corrected chi connectivity index (χ3v) is 3.53. The second-order valence-electron chi connectivity index (χ2n) is 5.07. The van der Waals surface area contributed by atoms with Crippen LogP contribution in [0.4, 0.5) is 0 Å². The van der Waals surface area contributed by atoms with Gasteiger partial charge in [0, 0.05) is 11.5 Å². The Labute approximate surface area is 103 Å². The molecule has 0 saturated carbocycles. The lowest BCUT2D eigenvalue weighted by Gasteiger charge is -2.26. The minimum atomic E-state index is 0.259. The van der Waals surface area contributed by atoms with Crippen LogP contribution in [0.3, 0.4) is 0 Å². The van der Waals surface area contributed by atoms with E-state index in [1.807, 2.05) is 18.2 Å². The number of phenolic OH excluding ortho intramolecular Hbond substituents is 1. The first-order valence-corrected chi connectivity index (χ1v) is 6.21. The molecule has 0 radical (unpaired) electrons. The van der Waals surface area contributed by atoms with Gasteiger partial charge in [0.1, 0.15) is 5.75 Å². The zero-order valence-corrected chi connectivity index (χ0v) is 10.8. The summed E-state index contributed by atoms with van der Waals surface area (Å²) >= 11 is 0. The van der Waals surface area contributed by atoms with E-state index in [0.717, 1.165) is 18.4 Å². The number of phenols is 1. The maximum absolute atomic E-state index is 10.00. The van der Waals surface area contributed by atoms with Crippen LogP contribution in [0.5, 0.6) is 5.75 Å². The number of para-hydroxylation sites is 1. The Kier molecular flexibility index (Phi) is 3.37. The van der Waals surface area contributed by atoms with Crippen LogP contribution in [0.1, 0.15) is 45.1 Å². The Bertz CT molecular complexity index is 476. The lowest BCUT2D eigenvalue weighted by atomic mass is 9.79. The Hall–Kier alpha value is -1.50. The van der Waals surface area contributed by atoms with Crippen LogP contribution >= 0.6 is 0 Å². The molecule has 1 nitrogen and oxygen atoms in total. The van der Waals surface area contributed by atoms with E-state index < -0.39 is 0 Å². The molecule has 1 aromatic rings. The van der Waals surface area contributed by atoms with E-state index in [2.05, 4.69) is 26.8 Å². The van der Waals surface area contributed by atoms with Crippen LogP contribution < -0.4 is 0 Å². The van der Waals surface area contributed by atoms with Crippen LogP contribution in [-0.4, -0.2) is 5.11 Å². The second-order valence-corrected chi connectivity index (χ2v) is 5.07. The number of rotatable bonds is 1. The fourth-order valence-corrected chi connectivity index (χ4v) is 2.54. The molecule has 0 bridgehead atoms. The van der Waals surface area contributed by atoms with Gasteiger partial charge in [0.15, 0.2) is 0 Å². The second kappa shape index (κ2) is 4.79. The zero-order chi connectivity index (χ0) is 12.4. The van der Waals surface area contributed by atoms with Crippen molar-refractivity contribution in [1.29, 1.82) is 0 Å². The Morgan fingerprint density at radius 2 is 1.88 bits per heavy atom. The molecule has 17 heavy (non-hydrogen) atoms. The molecular weight excluding hydrogens is 208 g/mol. The Morgan fingerprint density at radius 1 is 1.18 bits per heavy atom. The number of hydrogen-bond acceptors (Lipinski definition) is 1. The molecule has 0 aliphatic heterocycles. The van der Waals surface area contributed by atoms with Gasteiger partial charge in [0.25, 0.3) is 0 Å². The highest BCUT2D eigenvalue weighted by Gasteiger charge is 2.21. The molecule has 0 heterocycles. The van der Waals surface area contributed by atoms with Crippen molar-refractivity contribution >= 4 is 0 Å². The molecule has 90 valence electrons. The molecule has 1 heteroatoms. The van der Waals surface area contributed by atoms with Gasteiger partial charge in [0.2, 0.25) is 0 Å². The minimum absolute atomic E-state index is 0.259. The van der Waals surface area contributed by atoms with Crippen molar-refractivity contribution in [3.05, 3.63) is 52.6 Å². The normalized spacial score (nSPS) is 20.1. The molecule has 0 fully saturated rings. The van der Waals surface area contributed by atoms with Crippen molar-refractivity contribution in [1.82, 2.24) is 0 Å². The molecule has 0 aromatic heterocycles. The summed E-state index contributed by atoms with van der Waals surface area (Å²) in [5.41, 5.74) is 5.28. The van der Waals surface area contributed by atoms with Crippen LogP contribution in [0.25, 0.3) is 0 Å². The van der Waals surface area contributed by atoms with Crippen LogP contribution in [0, 0.1) is 0 Å². The smallest absolute Gasteiger partial charge is 0.119 e. The van der Waals surface area contributed by atoms with Crippen molar-refractivity contribution in [2.75, 3.05) is 0 Å². The van der Waals surface area contributed by atoms with Crippen molar-refractivity contribution in [3.8, 4) is 5.75 Å². The highest BCUT2D eigenvalue weighted by atomic mass is 16.3.